The van der Waals surface area contributed by atoms with E-state index in [4.69, 9.17) is 0 Å². The number of ketones is 2. The molecule has 0 aromatic carbocycles. The summed E-state index contributed by atoms with van der Waals surface area (Å²) in [6.45, 7) is 15.3. The number of rotatable bonds is 15. The lowest BCUT2D eigenvalue weighted by Crippen LogP contribution is -2.17. The highest BCUT2D eigenvalue weighted by atomic mass is 16.1. The van der Waals surface area contributed by atoms with Crippen LogP contribution in [0.3, 0.4) is 0 Å². The molecule has 0 heterocycles. The Morgan fingerprint density at radius 3 is 1.53 bits per heavy atom. The van der Waals surface area contributed by atoms with Crippen LogP contribution in [0.5, 0.6) is 0 Å². The zero-order valence-electron chi connectivity index (χ0n) is 21.0. The Kier molecular flexibility index (Phi) is 12.5. The lowest BCUT2D eigenvalue weighted by atomic mass is 9.86. The van der Waals surface area contributed by atoms with E-state index in [-0.39, 0.29) is 11.6 Å². The Hall–Kier alpha value is -1.18. The summed E-state index contributed by atoms with van der Waals surface area (Å²) < 4.78 is 0. The lowest BCUT2D eigenvalue weighted by molar-refractivity contribution is -0.116. The number of allylic oxidation sites excluding steroid dienone is 4. The van der Waals surface area contributed by atoms with Crippen LogP contribution in [0.2, 0.25) is 0 Å². The average Bonchev–Trinajstić information content (AvgIpc) is 2.67. The van der Waals surface area contributed by atoms with Gasteiger partial charge in [-0.3, -0.25) is 9.59 Å². The van der Waals surface area contributed by atoms with Crippen LogP contribution in [0.25, 0.3) is 0 Å². The molecule has 0 amide bonds. The highest BCUT2D eigenvalue weighted by molar-refractivity contribution is 6.22. The maximum Gasteiger partial charge on any atom is 0.185 e. The van der Waals surface area contributed by atoms with E-state index >= 15 is 0 Å². The second-order valence-electron chi connectivity index (χ2n) is 10.7. The van der Waals surface area contributed by atoms with Crippen molar-refractivity contribution in [3.63, 3.8) is 0 Å². The summed E-state index contributed by atoms with van der Waals surface area (Å²) in [7, 11) is 0. The highest BCUT2D eigenvalue weighted by Gasteiger charge is 2.23. The Balaban J connectivity index is 2.15. The first-order chi connectivity index (χ1) is 14.1. The molecular formula is C28H48O2. The van der Waals surface area contributed by atoms with Gasteiger partial charge in [-0.25, -0.2) is 0 Å². The summed E-state index contributed by atoms with van der Waals surface area (Å²) in [6, 6.07) is 0. The molecule has 3 unspecified atom stereocenters. The lowest BCUT2D eigenvalue weighted by Gasteiger charge is -2.18. The van der Waals surface area contributed by atoms with Gasteiger partial charge in [0.1, 0.15) is 0 Å². The van der Waals surface area contributed by atoms with Crippen LogP contribution in [0.4, 0.5) is 0 Å². The number of Topliss-reactive ketones (excluding diaryl/α,β-unsaturated/α-hetero) is 1. The van der Waals surface area contributed by atoms with Crippen molar-refractivity contribution in [1.82, 2.24) is 0 Å². The number of hydrogen-bond donors (Lipinski definition) is 0. The van der Waals surface area contributed by atoms with E-state index in [9.17, 15) is 9.59 Å². The number of carbonyl (C=O) groups excluding carboxylic acids is 2. The molecule has 0 saturated heterocycles. The third-order valence-corrected chi connectivity index (χ3v) is 7.04. The van der Waals surface area contributed by atoms with E-state index in [0.717, 1.165) is 30.6 Å². The smallest absolute Gasteiger partial charge is 0.185 e. The van der Waals surface area contributed by atoms with Gasteiger partial charge in [-0.15, -0.1) is 0 Å². The van der Waals surface area contributed by atoms with Crippen LogP contribution < -0.4 is 0 Å². The second-order valence-corrected chi connectivity index (χ2v) is 10.7. The van der Waals surface area contributed by atoms with Crippen LogP contribution >= 0.6 is 0 Å². The first kappa shape index (κ1) is 26.9. The van der Waals surface area contributed by atoms with Gasteiger partial charge in [-0.1, -0.05) is 92.4 Å². The third-order valence-electron chi connectivity index (χ3n) is 7.04. The van der Waals surface area contributed by atoms with Crippen LogP contribution in [-0.4, -0.2) is 11.6 Å². The van der Waals surface area contributed by atoms with Crippen molar-refractivity contribution in [2.45, 2.75) is 119 Å². The fourth-order valence-electron chi connectivity index (χ4n) is 4.45. The Bertz CT molecular complexity index is 608. The number of hydrogen-bond acceptors (Lipinski definition) is 2. The van der Waals surface area contributed by atoms with Gasteiger partial charge in [0.25, 0.3) is 0 Å². The van der Waals surface area contributed by atoms with E-state index in [0.29, 0.717) is 22.6 Å². The van der Waals surface area contributed by atoms with Crippen LogP contribution in [0.15, 0.2) is 22.8 Å². The molecule has 30 heavy (non-hydrogen) atoms. The molecule has 2 nitrogen and oxygen atoms in total. The van der Waals surface area contributed by atoms with Crippen LogP contribution in [0, 0.1) is 23.7 Å². The standard InChI is InChI=1S/C28H48O2/c1-20(2)11-8-12-21(3)13-9-14-22(4)15-10-16-23(5)17-18-26-19-27(29)24(6)25(7)28(26)30/h19-23H,8-18H2,1-7H3. The predicted molar refractivity (Wildman–Crippen MR) is 130 cm³/mol. The van der Waals surface area contributed by atoms with Crippen LogP contribution in [0.1, 0.15) is 119 Å². The van der Waals surface area contributed by atoms with Crippen molar-refractivity contribution in [1.29, 1.82) is 0 Å². The Morgan fingerprint density at radius 2 is 1.07 bits per heavy atom. The minimum Gasteiger partial charge on any atom is -0.290 e. The van der Waals surface area contributed by atoms with Crippen molar-refractivity contribution in [3.05, 3.63) is 22.8 Å². The summed E-state index contributed by atoms with van der Waals surface area (Å²) >= 11 is 0. The fourth-order valence-corrected chi connectivity index (χ4v) is 4.45. The van der Waals surface area contributed by atoms with E-state index in [2.05, 4.69) is 34.6 Å². The van der Waals surface area contributed by atoms with Crippen molar-refractivity contribution in [2.24, 2.45) is 23.7 Å². The Labute approximate surface area is 187 Å². The molecule has 0 aliphatic heterocycles. The van der Waals surface area contributed by atoms with Gasteiger partial charge in [-0.05, 0) is 56.4 Å². The molecule has 2 heteroatoms. The van der Waals surface area contributed by atoms with Crippen molar-refractivity contribution in [3.8, 4) is 0 Å². The molecule has 0 bridgehead atoms. The maximum atomic E-state index is 12.4. The molecule has 0 spiro atoms. The van der Waals surface area contributed by atoms with E-state index in [1.54, 1.807) is 19.9 Å². The summed E-state index contributed by atoms with van der Waals surface area (Å²) in [5.41, 5.74) is 1.95. The topological polar surface area (TPSA) is 34.1 Å². The summed E-state index contributed by atoms with van der Waals surface area (Å²) in [5.74, 6) is 3.23. The minimum atomic E-state index is 0.0119. The average molecular weight is 417 g/mol. The SMILES string of the molecule is CC1=C(C)C(=O)C(CCC(C)CCCC(C)CCCC(C)CCCC(C)C)=CC1=O. The molecular weight excluding hydrogens is 368 g/mol. The summed E-state index contributed by atoms with van der Waals surface area (Å²) in [6.07, 6.45) is 15.4. The Morgan fingerprint density at radius 1 is 0.633 bits per heavy atom. The molecule has 1 aliphatic rings. The van der Waals surface area contributed by atoms with Gasteiger partial charge in [0.05, 0.1) is 0 Å². The molecule has 0 radical (unpaired) electrons. The fraction of sp³-hybridized carbons (Fsp3) is 0.786. The largest absolute Gasteiger partial charge is 0.290 e. The van der Waals surface area contributed by atoms with Crippen LogP contribution in [-0.2, 0) is 9.59 Å². The highest BCUT2D eigenvalue weighted by Crippen LogP contribution is 2.26. The van der Waals surface area contributed by atoms with Crippen molar-refractivity contribution < 1.29 is 9.59 Å². The molecule has 3 atom stereocenters. The molecule has 172 valence electrons. The van der Waals surface area contributed by atoms with Gasteiger partial charge >= 0.3 is 0 Å². The number of carbonyl (C=O) groups is 2. The molecule has 1 rings (SSSR count). The zero-order chi connectivity index (χ0) is 22.7. The molecule has 0 aromatic heterocycles. The van der Waals surface area contributed by atoms with Gasteiger partial charge in [0, 0.05) is 16.7 Å². The van der Waals surface area contributed by atoms with Gasteiger partial charge < -0.3 is 0 Å². The van der Waals surface area contributed by atoms with E-state index in [1.165, 1.54) is 57.8 Å². The predicted octanol–water partition coefficient (Wildman–Crippen LogP) is 8.26. The quantitative estimate of drug-likeness (QED) is 0.252. The summed E-state index contributed by atoms with van der Waals surface area (Å²) in [4.78, 5) is 24.3. The summed E-state index contributed by atoms with van der Waals surface area (Å²) in [5, 5.41) is 0. The van der Waals surface area contributed by atoms with Crippen molar-refractivity contribution in [2.75, 3.05) is 0 Å². The second kappa shape index (κ2) is 14.0. The zero-order valence-corrected chi connectivity index (χ0v) is 21.0. The van der Waals surface area contributed by atoms with Gasteiger partial charge in [0.2, 0.25) is 0 Å². The molecule has 0 fully saturated rings. The van der Waals surface area contributed by atoms with Gasteiger partial charge in [0.15, 0.2) is 11.6 Å². The minimum absolute atomic E-state index is 0.0119. The first-order valence-electron chi connectivity index (χ1n) is 12.6. The molecule has 0 aromatic rings. The first-order valence-corrected chi connectivity index (χ1v) is 12.6. The molecule has 0 saturated carbocycles. The van der Waals surface area contributed by atoms with Crippen molar-refractivity contribution >= 4 is 11.6 Å². The monoisotopic (exact) mass is 416 g/mol. The van der Waals surface area contributed by atoms with E-state index < -0.39 is 0 Å². The van der Waals surface area contributed by atoms with E-state index in [1.807, 2.05) is 0 Å². The molecule has 1 aliphatic carbocycles. The van der Waals surface area contributed by atoms with Gasteiger partial charge in [-0.2, -0.15) is 0 Å². The third kappa shape index (κ3) is 10.2. The maximum absolute atomic E-state index is 12.4. The molecule has 0 N–H and O–H groups in total. The normalized spacial score (nSPS) is 18.1.